The molecule has 0 bridgehead atoms. The van der Waals surface area contributed by atoms with Gasteiger partial charge in [-0.15, -0.1) is 0 Å². The Morgan fingerprint density at radius 3 is 2.44 bits per heavy atom. The summed E-state index contributed by atoms with van der Waals surface area (Å²) >= 11 is 0. The molecule has 3 rings (SSSR count). The zero-order chi connectivity index (χ0) is 17.8. The Balaban J connectivity index is 1.87. The smallest absolute Gasteiger partial charge is 0.251 e. The normalized spacial score (nSPS) is 12.3. The van der Waals surface area contributed by atoms with Gasteiger partial charge in [-0.1, -0.05) is 68.4 Å². The molecule has 0 radical (unpaired) electrons. The number of hydrogen-bond acceptors (Lipinski definition) is 1. The van der Waals surface area contributed by atoms with Gasteiger partial charge < -0.3 is 5.32 Å². The number of amides is 1. The molecular formula is C23H25NO. The monoisotopic (exact) mass is 331 g/mol. The number of nitrogens with one attached hydrogen (secondary N) is 1. The van der Waals surface area contributed by atoms with Crippen molar-refractivity contribution in [2.75, 3.05) is 0 Å². The second kappa shape index (κ2) is 7.52. The molecular weight excluding hydrogens is 306 g/mol. The average molecular weight is 331 g/mol. The van der Waals surface area contributed by atoms with E-state index in [1.165, 1.54) is 10.9 Å². The van der Waals surface area contributed by atoms with Gasteiger partial charge in [-0.25, -0.2) is 0 Å². The summed E-state index contributed by atoms with van der Waals surface area (Å²) in [6, 6.07) is 22.4. The Bertz CT molecular complexity index is 868. The molecule has 0 aromatic heterocycles. The molecule has 3 aromatic rings. The van der Waals surface area contributed by atoms with Crippen LogP contribution in [-0.4, -0.2) is 5.91 Å². The van der Waals surface area contributed by atoms with Crippen molar-refractivity contribution < 1.29 is 4.79 Å². The van der Waals surface area contributed by atoms with Crippen LogP contribution in [0.1, 0.15) is 47.8 Å². The lowest BCUT2D eigenvalue weighted by Gasteiger charge is -2.21. The molecule has 0 aliphatic carbocycles. The summed E-state index contributed by atoms with van der Waals surface area (Å²) in [5, 5.41) is 5.53. The van der Waals surface area contributed by atoms with E-state index in [9.17, 15) is 4.79 Å². The van der Waals surface area contributed by atoms with Crippen LogP contribution in [0.15, 0.2) is 66.7 Å². The predicted octanol–water partition coefficient (Wildman–Crippen LogP) is 5.67. The zero-order valence-corrected chi connectivity index (χ0v) is 15.1. The minimum absolute atomic E-state index is 0.0142. The predicted molar refractivity (Wildman–Crippen MR) is 105 cm³/mol. The van der Waals surface area contributed by atoms with E-state index in [-0.39, 0.29) is 11.9 Å². The van der Waals surface area contributed by atoms with E-state index in [1.54, 1.807) is 0 Å². The standard InChI is InChI=1S/C23H25NO/c1-16(2)14-22(19-9-5-4-6-10-19)24-23(25)20-13-12-18-11-7-8-17(3)21(18)15-20/h4-13,15-16,22H,14H2,1-3H3,(H,24,25). The number of benzene rings is 3. The molecule has 0 saturated carbocycles. The minimum Gasteiger partial charge on any atom is -0.345 e. The van der Waals surface area contributed by atoms with Crippen LogP contribution >= 0.6 is 0 Å². The van der Waals surface area contributed by atoms with Crippen LogP contribution < -0.4 is 5.32 Å². The molecule has 0 fully saturated rings. The Morgan fingerprint density at radius 1 is 0.960 bits per heavy atom. The minimum atomic E-state index is -0.0142. The van der Waals surface area contributed by atoms with Crippen LogP contribution in [0.4, 0.5) is 0 Å². The van der Waals surface area contributed by atoms with Gasteiger partial charge in [-0.05, 0) is 53.3 Å². The van der Waals surface area contributed by atoms with Crippen molar-refractivity contribution in [1.82, 2.24) is 5.32 Å². The Kier molecular flexibility index (Phi) is 5.18. The average Bonchev–Trinajstić information content (AvgIpc) is 2.61. The molecule has 1 N–H and O–H groups in total. The maximum atomic E-state index is 12.9. The van der Waals surface area contributed by atoms with Gasteiger partial charge in [0.1, 0.15) is 0 Å². The molecule has 1 amide bonds. The summed E-state index contributed by atoms with van der Waals surface area (Å²) in [5.41, 5.74) is 3.06. The maximum absolute atomic E-state index is 12.9. The molecule has 0 spiro atoms. The second-order valence-electron chi connectivity index (χ2n) is 7.08. The largest absolute Gasteiger partial charge is 0.345 e. The summed E-state index contributed by atoms with van der Waals surface area (Å²) in [6.07, 6.45) is 0.919. The highest BCUT2D eigenvalue weighted by molar-refractivity contribution is 5.99. The first-order valence-electron chi connectivity index (χ1n) is 8.90. The van der Waals surface area contributed by atoms with Gasteiger partial charge in [0, 0.05) is 5.56 Å². The maximum Gasteiger partial charge on any atom is 0.251 e. The van der Waals surface area contributed by atoms with Crippen molar-refractivity contribution in [3.8, 4) is 0 Å². The molecule has 0 aliphatic rings. The first-order chi connectivity index (χ1) is 12.0. The Labute approximate surface area is 149 Å². The van der Waals surface area contributed by atoms with Crippen LogP contribution in [0.5, 0.6) is 0 Å². The summed E-state index contributed by atoms with van der Waals surface area (Å²) in [6.45, 7) is 6.44. The molecule has 1 unspecified atom stereocenters. The number of fused-ring (bicyclic) bond motifs is 1. The van der Waals surface area contributed by atoms with Gasteiger partial charge in [-0.3, -0.25) is 4.79 Å². The summed E-state index contributed by atoms with van der Waals surface area (Å²) in [5.74, 6) is 0.490. The van der Waals surface area contributed by atoms with Crippen LogP contribution in [0.3, 0.4) is 0 Å². The highest BCUT2D eigenvalue weighted by Crippen LogP contribution is 2.23. The van der Waals surface area contributed by atoms with Crippen molar-refractivity contribution >= 4 is 16.7 Å². The van der Waals surface area contributed by atoms with E-state index < -0.39 is 0 Å². The van der Waals surface area contributed by atoms with Crippen molar-refractivity contribution in [3.05, 3.63) is 83.4 Å². The first kappa shape index (κ1) is 17.2. The van der Waals surface area contributed by atoms with Crippen molar-refractivity contribution in [2.45, 2.75) is 33.2 Å². The fraction of sp³-hybridized carbons (Fsp3) is 0.261. The highest BCUT2D eigenvalue weighted by atomic mass is 16.1. The zero-order valence-electron chi connectivity index (χ0n) is 15.1. The third-order valence-corrected chi connectivity index (χ3v) is 4.58. The summed E-state index contributed by atoms with van der Waals surface area (Å²) in [4.78, 5) is 12.9. The highest BCUT2D eigenvalue weighted by Gasteiger charge is 2.17. The molecule has 25 heavy (non-hydrogen) atoms. The van der Waals surface area contributed by atoms with Crippen LogP contribution in [-0.2, 0) is 0 Å². The van der Waals surface area contributed by atoms with Gasteiger partial charge in [-0.2, -0.15) is 0 Å². The lowest BCUT2D eigenvalue weighted by molar-refractivity contribution is 0.0932. The van der Waals surface area contributed by atoms with E-state index >= 15 is 0 Å². The quantitative estimate of drug-likeness (QED) is 0.641. The SMILES string of the molecule is Cc1cccc2ccc(C(=O)NC(CC(C)C)c3ccccc3)cc12. The van der Waals surface area contributed by atoms with Crippen molar-refractivity contribution in [1.29, 1.82) is 0 Å². The number of aryl methyl sites for hydroxylation is 1. The van der Waals surface area contributed by atoms with Crippen LogP contribution in [0, 0.1) is 12.8 Å². The third-order valence-electron chi connectivity index (χ3n) is 4.58. The number of carbonyl (C=O) groups excluding carboxylic acids is 1. The van der Waals surface area contributed by atoms with E-state index in [4.69, 9.17) is 0 Å². The second-order valence-corrected chi connectivity index (χ2v) is 7.08. The number of carbonyl (C=O) groups is 1. The van der Waals surface area contributed by atoms with Crippen molar-refractivity contribution in [2.24, 2.45) is 5.92 Å². The topological polar surface area (TPSA) is 29.1 Å². The fourth-order valence-corrected chi connectivity index (χ4v) is 3.25. The molecule has 0 heterocycles. The Hall–Kier alpha value is -2.61. The van der Waals surface area contributed by atoms with E-state index in [0.29, 0.717) is 11.5 Å². The molecule has 3 aromatic carbocycles. The van der Waals surface area contributed by atoms with E-state index in [2.05, 4.69) is 50.4 Å². The van der Waals surface area contributed by atoms with Crippen LogP contribution in [0.25, 0.3) is 10.8 Å². The molecule has 0 saturated heterocycles. The van der Waals surface area contributed by atoms with Gasteiger partial charge in [0.2, 0.25) is 0 Å². The fourth-order valence-electron chi connectivity index (χ4n) is 3.25. The van der Waals surface area contributed by atoms with Gasteiger partial charge in [0.25, 0.3) is 5.91 Å². The first-order valence-corrected chi connectivity index (χ1v) is 8.90. The number of hydrogen-bond donors (Lipinski definition) is 1. The van der Waals surface area contributed by atoms with E-state index in [1.807, 2.05) is 42.5 Å². The van der Waals surface area contributed by atoms with Gasteiger partial charge in [0.15, 0.2) is 0 Å². The molecule has 128 valence electrons. The van der Waals surface area contributed by atoms with Gasteiger partial charge in [0.05, 0.1) is 6.04 Å². The number of rotatable bonds is 5. The molecule has 0 aliphatic heterocycles. The van der Waals surface area contributed by atoms with Gasteiger partial charge >= 0.3 is 0 Å². The molecule has 1 atom stereocenters. The Morgan fingerprint density at radius 2 is 1.72 bits per heavy atom. The summed E-state index contributed by atoms with van der Waals surface area (Å²) < 4.78 is 0. The summed E-state index contributed by atoms with van der Waals surface area (Å²) in [7, 11) is 0. The van der Waals surface area contributed by atoms with Crippen molar-refractivity contribution in [3.63, 3.8) is 0 Å². The molecule has 2 nitrogen and oxygen atoms in total. The third kappa shape index (κ3) is 4.08. The van der Waals surface area contributed by atoms with Crippen LogP contribution in [0.2, 0.25) is 0 Å². The lowest BCUT2D eigenvalue weighted by Crippen LogP contribution is -2.29. The lowest BCUT2D eigenvalue weighted by atomic mass is 9.96. The molecule has 2 heteroatoms. The van der Waals surface area contributed by atoms with E-state index in [0.717, 1.165) is 17.4 Å².